The van der Waals surface area contributed by atoms with Crippen molar-refractivity contribution in [1.29, 1.82) is 0 Å². The summed E-state index contributed by atoms with van der Waals surface area (Å²) < 4.78 is 11.7. The van der Waals surface area contributed by atoms with Gasteiger partial charge in [0.1, 0.15) is 5.92 Å². The van der Waals surface area contributed by atoms with Crippen LogP contribution in [0.5, 0.6) is 0 Å². The van der Waals surface area contributed by atoms with Crippen LogP contribution in [0.3, 0.4) is 0 Å². The van der Waals surface area contributed by atoms with E-state index >= 15 is 0 Å². The molecule has 25 heavy (non-hydrogen) atoms. The van der Waals surface area contributed by atoms with E-state index in [4.69, 9.17) is 9.47 Å². The molecule has 1 aromatic heterocycles. The van der Waals surface area contributed by atoms with E-state index in [1.807, 2.05) is 54.2 Å². The highest BCUT2D eigenvalue weighted by molar-refractivity contribution is 5.97. The number of rotatable bonds is 4. The van der Waals surface area contributed by atoms with E-state index in [0.29, 0.717) is 5.56 Å². The van der Waals surface area contributed by atoms with Crippen molar-refractivity contribution in [2.45, 2.75) is 5.92 Å². The molecule has 5 heteroatoms. The molecule has 0 aliphatic carbocycles. The second kappa shape index (κ2) is 6.81. The van der Waals surface area contributed by atoms with Gasteiger partial charge < -0.3 is 14.0 Å². The number of aromatic nitrogens is 1. The van der Waals surface area contributed by atoms with Gasteiger partial charge in [-0.15, -0.1) is 0 Å². The van der Waals surface area contributed by atoms with Crippen LogP contribution in [0.1, 0.15) is 27.4 Å². The zero-order valence-corrected chi connectivity index (χ0v) is 14.4. The molecule has 1 unspecified atom stereocenters. The molecule has 0 saturated carbocycles. The lowest BCUT2D eigenvalue weighted by Gasteiger charge is -2.14. The third kappa shape index (κ3) is 3.01. The highest BCUT2D eigenvalue weighted by Gasteiger charge is 2.27. The summed E-state index contributed by atoms with van der Waals surface area (Å²) in [5, 5.41) is 0.898. The molecule has 0 saturated heterocycles. The first-order valence-corrected chi connectivity index (χ1v) is 7.87. The lowest BCUT2D eigenvalue weighted by molar-refractivity contribution is -0.141. The Balaban J connectivity index is 2.19. The number of methoxy groups -OCH3 is 2. The molecule has 0 aliphatic rings. The molecule has 0 aliphatic heterocycles. The molecule has 2 aromatic carbocycles. The molecule has 0 N–H and O–H groups in total. The molecule has 0 radical (unpaired) electrons. The number of benzene rings is 2. The molecule has 0 amide bonds. The summed E-state index contributed by atoms with van der Waals surface area (Å²) in [5.41, 5.74) is 3.02. The Morgan fingerprint density at radius 3 is 2.36 bits per heavy atom. The van der Waals surface area contributed by atoms with Gasteiger partial charge in [-0.25, -0.2) is 4.79 Å². The molecule has 1 atom stereocenters. The molecule has 0 spiro atoms. The van der Waals surface area contributed by atoms with Gasteiger partial charge in [0.2, 0.25) is 0 Å². The standard InChI is InChI=1S/C20H19NO4/c1-21-12-16(15-10-9-14(11-17(15)21)19(22)24-2)18(20(23)25-3)13-7-5-4-6-8-13/h4-12,18H,1-3H3. The van der Waals surface area contributed by atoms with E-state index < -0.39 is 11.9 Å². The van der Waals surface area contributed by atoms with Crippen molar-refractivity contribution in [3.05, 3.63) is 71.4 Å². The van der Waals surface area contributed by atoms with E-state index in [1.165, 1.54) is 14.2 Å². The number of carbonyl (C=O) groups is 2. The first-order chi connectivity index (χ1) is 12.1. The van der Waals surface area contributed by atoms with Crippen LogP contribution in [0.15, 0.2) is 54.7 Å². The first-order valence-electron chi connectivity index (χ1n) is 7.87. The maximum absolute atomic E-state index is 12.5. The minimum Gasteiger partial charge on any atom is -0.468 e. The fourth-order valence-corrected chi connectivity index (χ4v) is 3.10. The monoisotopic (exact) mass is 337 g/mol. The fourth-order valence-electron chi connectivity index (χ4n) is 3.10. The Hall–Kier alpha value is -3.08. The lowest BCUT2D eigenvalue weighted by atomic mass is 9.91. The number of nitrogens with zero attached hydrogens (tertiary/aromatic N) is 1. The summed E-state index contributed by atoms with van der Waals surface area (Å²) >= 11 is 0. The first kappa shape index (κ1) is 16.8. The van der Waals surface area contributed by atoms with Crippen molar-refractivity contribution in [2.24, 2.45) is 7.05 Å². The number of hydrogen-bond acceptors (Lipinski definition) is 4. The predicted molar refractivity (Wildman–Crippen MR) is 94.6 cm³/mol. The summed E-state index contributed by atoms with van der Waals surface area (Å²) in [6, 6.07) is 14.8. The average Bonchev–Trinajstić information content (AvgIpc) is 2.98. The SMILES string of the molecule is COC(=O)c1ccc2c(C(C(=O)OC)c3ccccc3)cn(C)c2c1. The highest BCUT2D eigenvalue weighted by Crippen LogP contribution is 2.33. The van der Waals surface area contributed by atoms with Crippen LogP contribution in [0, 0.1) is 0 Å². The Bertz CT molecular complexity index is 928. The van der Waals surface area contributed by atoms with Gasteiger partial charge in [0, 0.05) is 24.1 Å². The third-order valence-corrected chi connectivity index (χ3v) is 4.32. The van der Waals surface area contributed by atoms with Gasteiger partial charge in [-0.1, -0.05) is 36.4 Å². The average molecular weight is 337 g/mol. The smallest absolute Gasteiger partial charge is 0.337 e. The number of aryl methyl sites for hydroxylation is 1. The van der Waals surface area contributed by atoms with E-state index in [0.717, 1.165) is 22.0 Å². The minimum atomic E-state index is -0.529. The predicted octanol–water partition coefficient (Wildman–Crippen LogP) is 3.27. The van der Waals surface area contributed by atoms with E-state index in [2.05, 4.69) is 0 Å². The van der Waals surface area contributed by atoms with Crippen LogP contribution in [-0.2, 0) is 21.3 Å². The van der Waals surface area contributed by atoms with Crippen LogP contribution in [0.25, 0.3) is 10.9 Å². The summed E-state index contributed by atoms with van der Waals surface area (Å²) in [4.78, 5) is 24.3. The summed E-state index contributed by atoms with van der Waals surface area (Å²) in [5.74, 6) is -1.24. The number of ether oxygens (including phenoxy) is 2. The largest absolute Gasteiger partial charge is 0.468 e. The Morgan fingerprint density at radius 1 is 1.00 bits per heavy atom. The van der Waals surface area contributed by atoms with Gasteiger partial charge >= 0.3 is 11.9 Å². The second-order valence-corrected chi connectivity index (χ2v) is 5.79. The summed E-state index contributed by atoms with van der Waals surface area (Å²) in [6.45, 7) is 0. The van der Waals surface area contributed by atoms with Crippen LogP contribution in [0.2, 0.25) is 0 Å². The fraction of sp³-hybridized carbons (Fsp3) is 0.200. The molecule has 5 nitrogen and oxygen atoms in total. The molecular formula is C20H19NO4. The summed E-state index contributed by atoms with van der Waals surface area (Å²) in [6.07, 6.45) is 1.90. The van der Waals surface area contributed by atoms with Crippen molar-refractivity contribution >= 4 is 22.8 Å². The topological polar surface area (TPSA) is 57.5 Å². The maximum atomic E-state index is 12.5. The molecule has 3 aromatic rings. The van der Waals surface area contributed by atoms with Gasteiger partial charge in [0.25, 0.3) is 0 Å². The van der Waals surface area contributed by atoms with Crippen LogP contribution >= 0.6 is 0 Å². The van der Waals surface area contributed by atoms with Gasteiger partial charge in [0.15, 0.2) is 0 Å². The minimum absolute atomic E-state index is 0.323. The molecule has 128 valence electrons. The van der Waals surface area contributed by atoms with Crippen molar-refractivity contribution in [3.8, 4) is 0 Å². The molecular weight excluding hydrogens is 318 g/mol. The molecule has 0 fully saturated rings. The molecule has 0 bridgehead atoms. The van der Waals surface area contributed by atoms with E-state index in [-0.39, 0.29) is 5.97 Å². The quantitative estimate of drug-likeness (QED) is 0.686. The van der Waals surface area contributed by atoms with E-state index in [1.54, 1.807) is 12.1 Å². The second-order valence-electron chi connectivity index (χ2n) is 5.79. The highest BCUT2D eigenvalue weighted by atomic mass is 16.5. The van der Waals surface area contributed by atoms with Crippen LogP contribution in [0.4, 0.5) is 0 Å². The number of hydrogen-bond donors (Lipinski definition) is 0. The van der Waals surface area contributed by atoms with Crippen LogP contribution in [-0.4, -0.2) is 30.7 Å². The number of fused-ring (bicyclic) bond motifs is 1. The van der Waals surface area contributed by atoms with Crippen molar-refractivity contribution < 1.29 is 19.1 Å². The lowest BCUT2D eigenvalue weighted by Crippen LogP contribution is -2.15. The normalized spacial score (nSPS) is 12.0. The Morgan fingerprint density at radius 2 is 1.72 bits per heavy atom. The third-order valence-electron chi connectivity index (χ3n) is 4.32. The Kier molecular flexibility index (Phi) is 4.57. The van der Waals surface area contributed by atoms with Gasteiger partial charge in [-0.2, -0.15) is 0 Å². The van der Waals surface area contributed by atoms with Gasteiger partial charge in [0.05, 0.1) is 19.8 Å². The number of esters is 2. The zero-order chi connectivity index (χ0) is 18.0. The number of carbonyl (C=O) groups excluding carboxylic acids is 2. The molecule has 3 rings (SSSR count). The zero-order valence-electron chi connectivity index (χ0n) is 14.4. The van der Waals surface area contributed by atoms with Crippen LogP contribution < -0.4 is 0 Å². The molecule has 1 heterocycles. The van der Waals surface area contributed by atoms with Gasteiger partial charge in [-0.05, 0) is 23.3 Å². The van der Waals surface area contributed by atoms with Crippen molar-refractivity contribution in [2.75, 3.05) is 14.2 Å². The maximum Gasteiger partial charge on any atom is 0.337 e. The Labute approximate surface area is 145 Å². The van der Waals surface area contributed by atoms with Crippen molar-refractivity contribution in [1.82, 2.24) is 4.57 Å². The van der Waals surface area contributed by atoms with Gasteiger partial charge in [-0.3, -0.25) is 4.79 Å². The van der Waals surface area contributed by atoms with Crippen molar-refractivity contribution in [3.63, 3.8) is 0 Å². The summed E-state index contributed by atoms with van der Waals surface area (Å²) in [7, 11) is 4.62. The van der Waals surface area contributed by atoms with E-state index in [9.17, 15) is 9.59 Å².